The first kappa shape index (κ1) is 36.5. The highest BCUT2D eigenvalue weighted by molar-refractivity contribution is 5.93. The lowest BCUT2D eigenvalue weighted by Crippen LogP contribution is -2.48. The first-order chi connectivity index (χ1) is 23.4. The Morgan fingerprint density at radius 1 is 0.840 bits per heavy atom. The molecule has 3 aromatic rings. The van der Waals surface area contributed by atoms with Crippen molar-refractivity contribution in [3.8, 4) is 0 Å². The fraction of sp³-hybridized carbons (Fsp3) is 0.412. The second kappa shape index (κ2) is 14.2. The largest absolute Gasteiger partial charge is 0.416 e. The summed E-state index contributed by atoms with van der Waals surface area (Å²) in [5.74, 6) is -3.21. The van der Waals surface area contributed by atoms with E-state index < -0.39 is 70.6 Å². The van der Waals surface area contributed by atoms with Crippen LogP contribution < -0.4 is 10.2 Å². The third kappa shape index (κ3) is 7.99. The van der Waals surface area contributed by atoms with E-state index in [4.69, 9.17) is 0 Å². The summed E-state index contributed by atoms with van der Waals surface area (Å²) in [6.45, 7) is 0.0941. The third-order valence-corrected chi connectivity index (χ3v) is 9.33. The number of nitrogens with one attached hydrogen (secondary N) is 1. The van der Waals surface area contributed by atoms with Crippen LogP contribution in [0.5, 0.6) is 0 Å². The molecule has 2 atom stereocenters. The van der Waals surface area contributed by atoms with Crippen LogP contribution in [0.25, 0.3) is 0 Å². The van der Waals surface area contributed by atoms with E-state index in [0.717, 1.165) is 18.0 Å². The van der Waals surface area contributed by atoms with Crippen LogP contribution in [0, 0.1) is 17.6 Å². The van der Waals surface area contributed by atoms with Crippen molar-refractivity contribution in [2.45, 2.75) is 56.0 Å². The molecule has 1 saturated carbocycles. The molecule has 5 rings (SSSR count). The Bertz CT molecular complexity index is 1690. The Kier molecular flexibility index (Phi) is 10.4. The third-order valence-electron chi connectivity index (χ3n) is 9.33. The Morgan fingerprint density at radius 3 is 2.00 bits per heavy atom. The molecular formula is C34H33F8N5O3. The van der Waals surface area contributed by atoms with E-state index in [1.807, 2.05) is 0 Å². The minimum atomic E-state index is -5.12. The van der Waals surface area contributed by atoms with Gasteiger partial charge >= 0.3 is 18.4 Å². The number of likely N-dealkylation sites (N-methyl/N-ethyl adjacent to an activating group) is 1. The number of amides is 4. The van der Waals surface area contributed by atoms with Gasteiger partial charge in [0.05, 0.1) is 17.2 Å². The molecule has 2 aliphatic rings. The molecule has 0 spiro atoms. The Morgan fingerprint density at radius 2 is 1.44 bits per heavy atom. The highest BCUT2D eigenvalue weighted by Crippen LogP contribution is 2.39. The molecule has 0 bridgehead atoms. The molecule has 2 aromatic carbocycles. The Hall–Kier alpha value is -4.76. The van der Waals surface area contributed by atoms with Crippen LogP contribution in [-0.4, -0.2) is 71.9 Å². The fourth-order valence-electron chi connectivity index (χ4n) is 6.57. The number of likely N-dealkylation sites (tertiary alicyclic amines) is 1. The van der Waals surface area contributed by atoms with Crippen LogP contribution in [0.2, 0.25) is 0 Å². The van der Waals surface area contributed by atoms with E-state index in [-0.39, 0.29) is 36.8 Å². The summed E-state index contributed by atoms with van der Waals surface area (Å²) in [5.41, 5.74) is -3.56. The van der Waals surface area contributed by atoms with E-state index in [2.05, 4.69) is 10.3 Å². The molecule has 268 valence electrons. The van der Waals surface area contributed by atoms with Crippen LogP contribution in [-0.2, 0) is 17.1 Å². The lowest BCUT2D eigenvalue weighted by Gasteiger charge is -2.33. The van der Waals surface area contributed by atoms with Gasteiger partial charge in [-0.1, -0.05) is 12.1 Å². The van der Waals surface area contributed by atoms with Gasteiger partial charge in [-0.2, -0.15) is 26.3 Å². The molecule has 8 nitrogen and oxygen atoms in total. The number of carbonyl (C=O) groups excluding carboxylic acids is 3. The number of hydrogen-bond acceptors (Lipinski definition) is 4. The number of rotatable bonds is 6. The minimum absolute atomic E-state index is 0.0109. The van der Waals surface area contributed by atoms with Crippen molar-refractivity contribution in [3.05, 3.63) is 94.8 Å². The van der Waals surface area contributed by atoms with Gasteiger partial charge in [-0.05, 0) is 73.7 Å². The number of halogens is 8. The van der Waals surface area contributed by atoms with Crippen molar-refractivity contribution < 1.29 is 49.5 Å². The summed E-state index contributed by atoms with van der Waals surface area (Å²) in [4.78, 5) is 47.1. The number of urea groups is 1. The zero-order valence-corrected chi connectivity index (χ0v) is 26.9. The van der Waals surface area contributed by atoms with Crippen molar-refractivity contribution in [1.29, 1.82) is 0 Å². The molecule has 4 amide bonds. The van der Waals surface area contributed by atoms with E-state index >= 15 is 0 Å². The molecule has 1 N–H and O–H groups in total. The van der Waals surface area contributed by atoms with Crippen molar-refractivity contribution in [1.82, 2.24) is 20.1 Å². The smallest absolute Gasteiger partial charge is 0.348 e. The molecule has 16 heteroatoms. The highest BCUT2D eigenvalue weighted by atomic mass is 19.4. The topological polar surface area (TPSA) is 85.9 Å². The molecular weight excluding hydrogens is 678 g/mol. The van der Waals surface area contributed by atoms with Crippen LogP contribution in [0.15, 0.2) is 60.8 Å². The van der Waals surface area contributed by atoms with Crippen molar-refractivity contribution in [2.75, 3.05) is 32.1 Å². The molecule has 1 aliphatic heterocycles. The normalized spacial score (nSPS) is 21.1. The van der Waals surface area contributed by atoms with Gasteiger partial charge in [-0.3, -0.25) is 14.5 Å². The first-order valence-electron chi connectivity index (χ1n) is 15.7. The maximum atomic E-state index is 14.0. The molecule has 1 aromatic heterocycles. The van der Waals surface area contributed by atoms with Gasteiger partial charge < -0.3 is 15.1 Å². The van der Waals surface area contributed by atoms with Crippen LogP contribution in [0.1, 0.15) is 58.8 Å². The standard InChI is InChI=1S/C34H33F8N5O3/c1-45(25-15-21(33(37,38)39)14-22(16-25)34(40,41)42)32(50)46(2)28-18-47(17-26(28)19-5-9-23(35)10-6-19)31(49)20-7-11-24(12-8-20)44-30(48)29-27(36)4-3-13-43-29/h3-6,9-10,13-16,20,24,26,28H,7-8,11-12,17-18H2,1-2H3,(H,44,48)/t20-,24-,26-,28+/m0/s1. The zero-order valence-electron chi connectivity index (χ0n) is 26.9. The average molecular weight is 712 g/mol. The molecule has 1 aliphatic carbocycles. The second-order valence-corrected chi connectivity index (χ2v) is 12.5. The molecule has 2 fully saturated rings. The number of aromatic nitrogens is 1. The van der Waals surface area contributed by atoms with Crippen molar-refractivity contribution >= 4 is 23.5 Å². The fourth-order valence-corrected chi connectivity index (χ4v) is 6.57. The lowest BCUT2D eigenvalue weighted by atomic mass is 9.85. The van der Waals surface area contributed by atoms with Gasteiger partial charge in [0, 0.05) is 56.9 Å². The van der Waals surface area contributed by atoms with Gasteiger partial charge in [0.15, 0.2) is 11.5 Å². The summed E-state index contributed by atoms with van der Waals surface area (Å²) in [6, 6.07) is 6.73. The quantitative estimate of drug-likeness (QED) is 0.283. The van der Waals surface area contributed by atoms with Crippen LogP contribution in [0.3, 0.4) is 0 Å². The van der Waals surface area contributed by atoms with E-state index in [9.17, 15) is 49.5 Å². The monoisotopic (exact) mass is 711 g/mol. The number of benzene rings is 2. The first-order valence-corrected chi connectivity index (χ1v) is 15.7. The number of carbonyl (C=O) groups is 3. The molecule has 50 heavy (non-hydrogen) atoms. The van der Waals surface area contributed by atoms with E-state index in [1.165, 1.54) is 43.6 Å². The highest BCUT2D eigenvalue weighted by Gasteiger charge is 2.43. The number of nitrogens with zero attached hydrogens (tertiary/aromatic N) is 4. The Labute approximate surface area is 282 Å². The zero-order chi connectivity index (χ0) is 36.5. The number of hydrogen-bond donors (Lipinski definition) is 1. The predicted molar refractivity (Wildman–Crippen MR) is 165 cm³/mol. The van der Waals surface area contributed by atoms with Gasteiger partial charge in [0.25, 0.3) is 5.91 Å². The SMILES string of the molecule is CN(C(=O)N(C)[C@@H]1CN(C(=O)[C@H]2CC[C@H](NC(=O)c3ncccc3F)CC2)C[C@H]1c1ccc(F)cc1)c1cc(C(F)(F)F)cc(C(F)(F)F)c1. The summed E-state index contributed by atoms with van der Waals surface area (Å²) in [5, 5.41) is 2.75. The lowest BCUT2D eigenvalue weighted by molar-refractivity contribution is -0.143. The van der Waals surface area contributed by atoms with Crippen LogP contribution >= 0.6 is 0 Å². The average Bonchev–Trinajstić information content (AvgIpc) is 3.52. The van der Waals surface area contributed by atoms with Gasteiger partial charge in [-0.25, -0.2) is 18.6 Å². The summed E-state index contributed by atoms with van der Waals surface area (Å²) < 4.78 is 109. The maximum absolute atomic E-state index is 14.0. The number of alkyl halides is 6. The minimum Gasteiger partial charge on any atom is -0.348 e. The van der Waals surface area contributed by atoms with Crippen LogP contribution in [0.4, 0.5) is 45.6 Å². The van der Waals surface area contributed by atoms with Crippen molar-refractivity contribution in [2.24, 2.45) is 5.92 Å². The summed E-state index contributed by atoms with van der Waals surface area (Å²) >= 11 is 0. The van der Waals surface area contributed by atoms with Crippen molar-refractivity contribution in [3.63, 3.8) is 0 Å². The van der Waals surface area contributed by atoms with E-state index in [1.54, 1.807) is 4.90 Å². The Balaban J connectivity index is 1.32. The molecule has 2 heterocycles. The number of anilines is 1. The summed E-state index contributed by atoms with van der Waals surface area (Å²) in [6.07, 6.45) is -7.29. The molecule has 0 radical (unpaired) electrons. The van der Waals surface area contributed by atoms with Gasteiger partial charge in [0.2, 0.25) is 5.91 Å². The summed E-state index contributed by atoms with van der Waals surface area (Å²) in [7, 11) is 2.39. The predicted octanol–water partition coefficient (Wildman–Crippen LogP) is 6.87. The maximum Gasteiger partial charge on any atom is 0.416 e. The second-order valence-electron chi connectivity index (χ2n) is 12.5. The number of pyridine rings is 1. The molecule has 1 saturated heterocycles. The van der Waals surface area contributed by atoms with Gasteiger partial charge in [0.1, 0.15) is 5.82 Å². The molecule has 0 unspecified atom stereocenters. The van der Waals surface area contributed by atoms with E-state index in [0.29, 0.717) is 48.3 Å². The van der Waals surface area contributed by atoms with Gasteiger partial charge in [-0.15, -0.1) is 0 Å².